The first-order valence-electron chi connectivity index (χ1n) is 6.63. The van der Waals surface area contributed by atoms with Gasteiger partial charge in [0.05, 0.1) is 6.61 Å². The van der Waals surface area contributed by atoms with Gasteiger partial charge < -0.3 is 14.9 Å². The number of ether oxygens (including phenoxy) is 1. The topological polar surface area (TPSA) is 92.0 Å². The van der Waals surface area contributed by atoms with Gasteiger partial charge in [0.1, 0.15) is 16.3 Å². The second kappa shape index (κ2) is 6.44. The molecule has 0 fully saturated rings. The number of aromatic nitrogens is 1. The third kappa shape index (κ3) is 3.36. The second-order valence-electron chi connectivity index (χ2n) is 4.97. The van der Waals surface area contributed by atoms with E-state index in [1.165, 1.54) is 24.9 Å². The lowest BCUT2D eigenvalue weighted by Gasteiger charge is -2.14. The molecule has 2 N–H and O–H groups in total. The molecule has 0 amide bonds. The first-order chi connectivity index (χ1) is 9.98. The highest BCUT2D eigenvalue weighted by molar-refractivity contribution is 8.14. The van der Waals surface area contributed by atoms with Gasteiger partial charge in [-0.25, -0.2) is 4.98 Å². The summed E-state index contributed by atoms with van der Waals surface area (Å²) in [5.74, 6) is 0.733. The molecule has 2 rings (SSSR count). The fourth-order valence-electron chi connectivity index (χ4n) is 1.76. The number of hydrogen-bond acceptors (Lipinski definition) is 7. The van der Waals surface area contributed by atoms with E-state index in [0.717, 1.165) is 0 Å². The van der Waals surface area contributed by atoms with E-state index in [1.54, 1.807) is 13.0 Å². The van der Waals surface area contributed by atoms with Crippen molar-refractivity contribution in [3.05, 3.63) is 18.0 Å². The van der Waals surface area contributed by atoms with Crippen molar-refractivity contribution in [1.29, 1.82) is 0 Å². The summed E-state index contributed by atoms with van der Waals surface area (Å²) in [6.07, 6.45) is 2.00. The summed E-state index contributed by atoms with van der Waals surface area (Å²) in [4.78, 5) is 20.2. The zero-order chi connectivity index (χ0) is 15.5. The molecular weight excluding hydrogens is 292 g/mol. The van der Waals surface area contributed by atoms with Crippen LogP contribution in [0.15, 0.2) is 17.3 Å². The molecule has 1 aliphatic heterocycles. The van der Waals surface area contributed by atoms with Crippen molar-refractivity contribution in [3.63, 3.8) is 0 Å². The predicted molar refractivity (Wildman–Crippen MR) is 81.2 cm³/mol. The van der Waals surface area contributed by atoms with Crippen LogP contribution in [0.3, 0.4) is 0 Å². The Hall–Kier alpha value is -1.60. The molecule has 1 aromatic heterocycles. The number of aliphatic hydroxyl groups is 1. The van der Waals surface area contributed by atoms with Gasteiger partial charge in [-0.05, 0) is 13.8 Å². The van der Waals surface area contributed by atoms with Gasteiger partial charge >= 0.3 is 0 Å². The normalized spacial score (nSPS) is 21.2. The summed E-state index contributed by atoms with van der Waals surface area (Å²) < 4.78 is 5.40. The number of aliphatic hydroxyl groups excluding tert-OH is 1. The average molecular weight is 310 g/mol. The van der Waals surface area contributed by atoms with E-state index < -0.39 is 5.54 Å². The third-order valence-corrected chi connectivity index (χ3v) is 4.51. The predicted octanol–water partition coefficient (Wildman–Crippen LogP) is 1.39. The quantitative estimate of drug-likeness (QED) is 0.771. The molecule has 1 atom stereocenters. The van der Waals surface area contributed by atoms with Crippen molar-refractivity contribution in [3.8, 4) is 11.5 Å². The molecule has 21 heavy (non-hydrogen) atoms. The fourth-order valence-corrected chi connectivity index (χ4v) is 2.99. The van der Waals surface area contributed by atoms with Crippen LogP contribution in [0.4, 0.5) is 0 Å². The highest BCUT2D eigenvalue weighted by atomic mass is 32.2. The Balaban J connectivity index is 2.25. The molecule has 0 saturated carbocycles. The minimum absolute atomic E-state index is 0.0140. The standard InChI is InChI=1S/C14H18N2O4S/c1-9(18)14(2)8-21-13(16-14)11-12(19)10(4-5-15-11)20-7-3-6-17/h4-5,17,19H,3,6-8H2,1-2H3/t14-/m1/s1. The zero-order valence-corrected chi connectivity index (χ0v) is 12.8. The van der Waals surface area contributed by atoms with Crippen LogP contribution in [0.25, 0.3) is 0 Å². The molecule has 2 heterocycles. The summed E-state index contributed by atoms with van der Waals surface area (Å²) in [7, 11) is 0. The molecule has 0 saturated heterocycles. The Morgan fingerprint density at radius 2 is 2.33 bits per heavy atom. The van der Waals surface area contributed by atoms with Crippen LogP contribution in [0.2, 0.25) is 0 Å². The van der Waals surface area contributed by atoms with E-state index in [2.05, 4.69) is 9.98 Å². The van der Waals surface area contributed by atoms with Crippen LogP contribution in [0.5, 0.6) is 11.5 Å². The first-order valence-corrected chi connectivity index (χ1v) is 7.62. The van der Waals surface area contributed by atoms with Gasteiger partial charge in [-0.15, -0.1) is 11.8 Å². The number of aromatic hydroxyl groups is 1. The second-order valence-corrected chi connectivity index (χ2v) is 5.93. The molecule has 1 aromatic rings. The van der Waals surface area contributed by atoms with Gasteiger partial charge in [0.25, 0.3) is 0 Å². The molecule has 0 unspecified atom stereocenters. The Labute approximate surface area is 127 Å². The van der Waals surface area contributed by atoms with Crippen molar-refractivity contribution in [2.45, 2.75) is 25.8 Å². The van der Waals surface area contributed by atoms with Gasteiger partial charge in [0.2, 0.25) is 0 Å². The van der Waals surface area contributed by atoms with Gasteiger partial charge in [0.15, 0.2) is 17.3 Å². The SMILES string of the molecule is CC(=O)[C@@]1(C)CSC(c2nccc(OCCCO)c2O)=N1. The number of ketones is 1. The lowest BCUT2D eigenvalue weighted by molar-refractivity contribution is -0.120. The van der Waals surface area contributed by atoms with E-state index in [-0.39, 0.29) is 18.1 Å². The summed E-state index contributed by atoms with van der Waals surface area (Å²) in [6, 6.07) is 1.56. The lowest BCUT2D eigenvalue weighted by atomic mass is 10.0. The van der Waals surface area contributed by atoms with Crippen LogP contribution in [-0.4, -0.2) is 50.5 Å². The number of carbonyl (C=O) groups excluding carboxylic acids is 1. The molecule has 6 nitrogen and oxygen atoms in total. The Morgan fingerprint density at radius 3 is 2.95 bits per heavy atom. The minimum Gasteiger partial charge on any atom is -0.503 e. The Kier molecular flexibility index (Phi) is 4.84. The molecule has 0 radical (unpaired) electrons. The van der Waals surface area contributed by atoms with Gasteiger partial charge in [-0.1, -0.05) is 0 Å². The van der Waals surface area contributed by atoms with Crippen LogP contribution in [0.1, 0.15) is 26.0 Å². The number of thioether (sulfide) groups is 1. The molecule has 0 spiro atoms. The van der Waals surface area contributed by atoms with Crippen molar-refractivity contribution in [2.75, 3.05) is 19.0 Å². The maximum absolute atomic E-state index is 11.6. The summed E-state index contributed by atoms with van der Waals surface area (Å²) >= 11 is 1.39. The number of Topliss-reactive ketones (excluding diaryl/α,β-unsaturated/α-hetero) is 1. The first kappa shape index (κ1) is 15.8. The number of nitrogens with zero attached hydrogens (tertiary/aromatic N) is 2. The van der Waals surface area contributed by atoms with Crippen LogP contribution < -0.4 is 4.74 Å². The van der Waals surface area contributed by atoms with Gasteiger partial charge in [0, 0.05) is 31.0 Å². The van der Waals surface area contributed by atoms with Crippen LogP contribution in [0, 0.1) is 0 Å². The molecule has 0 aromatic carbocycles. The summed E-state index contributed by atoms with van der Waals surface area (Å²) in [5.41, 5.74) is -0.437. The van der Waals surface area contributed by atoms with Crippen molar-refractivity contribution < 1.29 is 19.7 Å². The summed E-state index contributed by atoms with van der Waals surface area (Å²) in [5, 5.41) is 19.5. The number of carbonyl (C=O) groups is 1. The fraction of sp³-hybridized carbons (Fsp3) is 0.500. The maximum Gasteiger partial charge on any atom is 0.186 e. The number of aliphatic imine (C=N–C) groups is 1. The van der Waals surface area contributed by atoms with E-state index >= 15 is 0 Å². The molecule has 0 bridgehead atoms. The molecule has 1 aliphatic rings. The zero-order valence-electron chi connectivity index (χ0n) is 12.0. The van der Waals surface area contributed by atoms with Crippen molar-refractivity contribution >= 4 is 22.6 Å². The van der Waals surface area contributed by atoms with Crippen LogP contribution >= 0.6 is 11.8 Å². The molecule has 114 valence electrons. The van der Waals surface area contributed by atoms with Crippen molar-refractivity contribution in [2.24, 2.45) is 4.99 Å². The minimum atomic E-state index is -0.762. The maximum atomic E-state index is 11.6. The van der Waals surface area contributed by atoms with E-state index in [0.29, 0.717) is 35.3 Å². The monoisotopic (exact) mass is 310 g/mol. The molecule has 7 heteroatoms. The van der Waals surface area contributed by atoms with E-state index in [1.807, 2.05) is 0 Å². The third-order valence-electron chi connectivity index (χ3n) is 3.25. The average Bonchev–Trinajstić information content (AvgIpc) is 2.85. The van der Waals surface area contributed by atoms with Gasteiger partial charge in [-0.3, -0.25) is 9.79 Å². The van der Waals surface area contributed by atoms with E-state index in [4.69, 9.17) is 9.84 Å². The lowest BCUT2D eigenvalue weighted by Crippen LogP contribution is -2.31. The Bertz CT molecular complexity index is 576. The number of hydrogen-bond donors (Lipinski definition) is 2. The number of rotatable bonds is 6. The Morgan fingerprint density at radius 1 is 1.57 bits per heavy atom. The summed E-state index contributed by atoms with van der Waals surface area (Å²) in [6.45, 7) is 3.61. The highest BCUT2D eigenvalue weighted by Gasteiger charge is 2.36. The largest absolute Gasteiger partial charge is 0.503 e. The number of pyridine rings is 1. The van der Waals surface area contributed by atoms with Crippen molar-refractivity contribution in [1.82, 2.24) is 4.98 Å². The smallest absolute Gasteiger partial charge is 0.186 e. The van der Waals surface area contributed by atoms with Gasteiger partial charge in [-0.2, -0.15) is 0 Å². The van der Waals surface area contributed by atoms with Crippen LogP contribution in [-0.2, 0) is 4.79 Å². The molecule has 0 aliphatic carbocycles. The van der Waals surface area contributed by atoms with E-state index in [9.17, 15) is 9.90 Å². The molecular formula is C14H18N2O4S. The highest BCUT2D eigenvalue weighted by Crippen LogP contribution is 2.36.